The van der Waals surface area contributed by atoms with E-state index in [1.165, 1.54) is 5.56 Å². The normalized spacial score (nSPS) is 6.09. The molecule has 1 nitrogen and oxygen atoms in total. The van der Waals surface area contributed by atoms with Gasteiger partial charge in [-0.05, 0) is 18.6 Å². The molecule has 0 bridgehead atoms. The number of nitrogens with zero attached hydrogens (tertiary/aromatic N) is 1. The van der Waals surface area contributed by atoms with Crippen molar-refractivity contribution in [3.8, 4) is 0 Å². The summed E-state index contributed by atoms with van der Waals surface area (Å²) < 4.78 is 0. The van der Waals surface area contributed by atoms with Gasteiger partial charge in [0.05, 0.1) is 0 Å². The maximum atomic E-state index is 3.88. The molecule has 0 aliphatic carbocycles. The molecule has 0 aromatic carbocycles. The Balaban J connectivity index is -0.000000149. The van der Waals surface area contributed by atoms with Crippen molar-refractivity contribution in [2.45, 2.75) is 35.6 Å². The zero-order chi connectivity index (χ0) is 7.11. The largest absolute Gasteiger partial charge is 0.264 e. The van der Waals surface area contributed by atoms with Gasteiger partial charge in [0.2, 0.25) is 0 Å². The Labute approximate surface area is 71.5 Å². The number of hydrogen-bond donors (Lipinski definition) is 0. The molecule has 0 saturated heterocycles. The van der Waals surface area contributed by atoms with E-state index in [1.807, 2.05) is 39.1 Å². The average Bonchev–Trinajstić information content (AvgIpc) is 1.94. The van der Waals surface area contributed by atoms with Gasteiger partial charge in [0.15, 0.2) is 0 Å². The van der Waals surface area contributed by atoms with E-state index in [1.54, 1.807) is 6.20 Å². The molecule has 0 atom stereocenters. The van der Waals surface area contributed by atoms with Crippen molar-refractivity contribution in [1.29, 1.82) is 0 Å². The van der Waals surface area contributed by atoms with Gasteiger partial charge in [-0.2, -0.15) is 0 Å². The molecule has 0 N–H and O–H groups in total. The Morgan fingerprint density at radius 3 is 1.91 bits per heavy atom. The number of hydrogen-bond acceptors (Lipinski definition) is 1. The van der Waals surface area contributed by atoms with E-state index in [9.17, 15) is 0 Å². The molecular formula is C10H21N. The molecule has 1 aromatic rings. The summed E-state index contributed by atoms with van der Waals surface area (Å²) in [4.78, 5) is 3.88. The summed E-state index contributed by atoms with van der Waals surface area (Å²) in [7, 11) is 0. The summed E-state index contributed by atoms with van der Waals surface area (Å²) in [5.74, 6) is 0. The fourth-order valence-corrected chi connectivity index (χ4v) is 0.448. The van der Waals surface area contributed by atoms with Gasteiger partial charge in [-0.1, -0.05) is 34.8 Å². The molecule has 0 aliphatic heterocycles. The lowest BCUT2D eigenvalue weighted by molar-refractivity contribution is 1.27. The third kappa shape index (κ3) is 9.15. The van der Waals surface area contributed by atoms with Crippen LogP contribution in [-0.4, -0.2) is 4.98 Å². The molecule has 0 radical (unpaired) electrons. The van der Waals surface area contributed by atoms with E-state index in [0.717, 1.165) is 0 Å². The van der Waals surface area contributed by atoms with E-state index >= 15 is 0 Å². The lowest BCUT2D eigenvalue weighted by Crippen LogP contribution is -1.69. The molecule has 1 heterocycles. The van der Waals surface area contributed by atoms with E-state index in [4.69, 9.17) is 0 Å². The highest BCUT2D eigenvalue weighted by Crippen LogP contribution is 1.88. The summed E-state index contributed by atoms with van der Waals surface area (Å²) >= 11 is 0. The second kappa shape index (κ2) is 11.9. The highest BCUT2D eigenvalue weighted by molar-refractivity contribution is 5.04. The van der Waals surface area contributed by atoms with Crippen LogP contribution in [0.5, 0.6) is 0 Å². The van der Waals surface area contributed by atoms with Crippen LogP contribution in [0.15, 0.2) is 24.5 Å². The molecule has 0 saturated carbocycles. The first-order valence-corrected chi connectivity index (χ1v) is 3.26. The van der Waals surface area contributed by atoms with Crippen molar-refractivity contribution in [2.75, 3.05) is 0 Å². The summed E-state index contributed by atoms with van der Waals surface area (Å²) in [5, 5.41) is 0. The van der Waals surface area contributed by atoms with Gasteiger partial charge >= 0.3 is 0 Å². The Hall–Kier alpha value is -0.850. The van der Waals surface area contributed by atoms with E-state index < -0.39 is 0 Å². The summed E-state index contributed by atoms with van der Waals surface area (Å²) in [6, 6.07) is 3.95. The van der Waals surface area contributed by atoms with Gasteiger partial charge in [0, 0.05) is 12.4 Å². The number of rotatable bonds is 0. The molecule has 1 rings (SSSR count). The monoisotopic (exact) mass is 155 g/mol. The molecule has 11 heavy (non-hydrogen) atoms. The topological polar surface area (TPSA) is 12.9 Å². The smallest absolute Gasteiger partial charge is 0.0297 e. The Morgan fingerprint density at radius 2 is 1.73 bits per heavy atom. The SMILES string of the molecule is C.C.CC.Cc1cccnc1. The minimum Gasteiger partial charge on any atom is -0.264 e. The fraction of sp³-hybridized carbons (Fsp3) is 0.500. The third-order valence-corrected chi connectivity index (χ3v) is 0.809. The van der Waals surface area contributed by atoms with Gasteiger partial charge < -0.3 is 0 Å². The number of pyridine rings is 1. The summed E-state index contributed by atoms with van der Waals surface area (Å²) in [6.45, 7) is 6.02. The molecular weight excluding hydrogens is 134 g/mol. The van der Waals surface area contributed by atoms with Gasteiger partial charge in [-0.25, -0.2) is 0 Å². The predicted octanol–water partition coefficient (Wildman–Crippen LogP) is 3.69. The van der Waals surface area contributed by atoms with Crippen LogP contribution in [0.3, 0.4) is 0 Å². The zero-order valence-electron chi connectivity index (χ0n) is 6.26. The van der Waals surface area contributed by atoms with Crippen LogP contribution in [0, 0.1) is 6.92 Å². The first-order chi connectivity index (χ1) is 4.39. The first kappa shape index (κ1) is 16.6. The standard InChI is InChI=1S/C6H7N.C2H6.2CH4/c1-6-3-2-4-7-5-6;1-2;;/h2-5H,1H3;1-2H3;2*1H4. The summed E-state index contributed by atoms with van der Waals surface area (Å²) in [5.41, 5.74) is 1.21. The van der Waals surface area contributed by atoms with Gasteiger partial charge in [0.1, 0.15) is 0 Å². The van der Waals surface area contributed by atoms with Crippen molar-refractivity contribution in [3.63, 3.8) is 0 Å². The van der Waals surface area contributed by atoms with E-state index in [2.05, 4.69) is 4.98 Å². The van der Waals surface area contributed by atoms with Crippen LogP contribution in [0.1, 0.15) is 34.3 Å². The lowest BCUT2D eigenvalue weighted by Gasteiger charge is -1.82. The minimum absolute atomic E-state index is 0. The molecule has 1 aromatic heterocycles. The number of aryl methyl sites for hydroxylation is 1. The predicted molar refractivity (Wildman–Crippen MR) is 53.8 cm³/mol. The van der Waals surface area contributed by atoms with Crippen molar-refractivity contribution in [3.05, 3.63) is 30.1 Å². The summed E-state index contributed by atoms with van der Waals surface area (Å²) in [6.07, 6.45) is 3.60. The molecule has 0 aliphatic rings. The van der Waals surface area contributed by atoms with Crippen LogP contribution in [0.25, 0.3) is 0 Å². The fourth-order valence-electron chi connectivity index (χ4n) is 0.448. The molecule has 0 spiro atoms. The van der Waals surface area contributed by atoms with Crippen molar-refractivity contribution in [2.24, 2.45) is 0 Å². The second-order valence-electron chi connectivity index (χ2n) is 1.53. The van der Waals surface area contributed by atoms with Crippen molar-refractivity contribution < 1.29 is 0 Å². The Kier molecular flexibility index (Phi) is 18.0. The quantitative estimate of drug-likeness (QED) is 0.557. The highest BCUT2D eigenvalue weighted by Gasteiger charge is 1.73. The van der Waals surface area contributed by atoms with E-state index in [-0.39, 0.29) is 14.9 Å². The van der Waals surface area contributed by atoms with Crippen molar-refractivity contribution in [1.82, 2.24) is 4.98 Å². The van der Waals surface area contributed by atoms with Crippen LogP contribution < -0.4 is 0 Å². The Bertz CT molecular complexity index is 135. The highest BCUT2D eigenvalue weighted by atomic mass is 14.6. The van der Waals surface area contributed by atoms with Gasteiger partial charge in [-0.3, -0.25) is 4.98 Å². The van der Waals surface area contributed by atoms with Crippen LogP contribution in [0.2, 0.25) is 0 Å². The lowest BCUT2D eigenvalue weighted by atomic mass is 10.3. The number of aromatic nitrogens is 1. The van der Waals surface area contributed by atoms with Crippen LogP contribution in [0.4, 0.5) is 0 Å². The molecule has 0 unspecified atom stereocenters. The first-order valence-electron chi connectivity index (χ1n) is 3.26. The molecule has 0 amide bonds. The van der Waals surface area contributed by atoms with Crippen molar-refractivity contribution >= 4 is 0 Å². The van der Waals surface area contributed by atoms with E-state index in [0.29, 0.717) is 0 Å². The molecule has 0 fully saturated rings. The maximum absolute atomic E-state index is 3.88. The van der Waals surface area contributed by atoms with Gasteiger partial charge in [-0.15, -0.1) is 0 Å². The van der Waals surface area contributed by atoms with Gasteiger partial charge in [0.25, 0.3) is 0 Å². The molecule has 1 heteroatoms. The minimum atomic E-state index is 0. The third-order valence-electron chi connectivity index (χ3n) is 0.809. The zero-order valence-corrected chi connectivity index (χ0v) is 6.26. The van der Waals surface area contributed by atoms with Crippen LogP contribution in [-0.2, 0) is 0 Å². The maximum Gasteiger partial charge on any atom is 0.0297 e. The average molecular weight is 155 g/mol. The van der Waals surface area contributed by atoms with Crippen LogP contribution >= 0.6 is 0 Å². The molecule has 66 valence electrons. The second-order valence-corrected chi connectivity index (χ2v) is 1.53. The Morgan fingerprint density at radius 1 is 1.18 bits per heavy atom.